The second kappa shape index (κ2) is 4.63. The summed E-state index contributed by atoms with van der Waals surface area (Å²) < 4.78 is 12.9. The molecule has 0 aliphatic carbocycles. The number of piperazine rings is 1. The minimum absolute atomic E-state index is 0.0000556. The van der Waals surface area contributed by atoms with E-state index >= 15 is 0 Å². The number of rotatable bonds is 2. The van der Waals surface area contributed by atoms with E-state index in [1.165, 1.54) is 12.1 Å². The summed E-state index contributed by atoms with van der Waals surface area (Å²) in [6.07, 6.45) is 0. The molecule has 1 aromatic rings. The number of aliphatic hydroxyl groups excluding tert-OH is 1. The van der Waals surface area contributed by atoms with Gasteiger partial charge in [0.2, 0.25) is 0 Å². The lowest BCUT2D eigenvalue weighted by Crippen LogP contribution is -2.62. The van der Waals surface area contributed by atoms with Crippen LogP contribution >= 0.6 is 0 Å². The standard InChI is InChI=1S/C13H19FN2O/c1-13(2)9-16(12(8-17)7-15-13)11-5-3-10(14)4-6-11/h3-6,12,15,17H,7-9H2,1-2H3. The maximum atomic E-state index is 12.9. The summed E-state index contributed by atoms with van der Waals surface area (Å²) >= 11 is 0. The average molecular weight is 238 g/mol. The van der Waals surface area contributed by atoms with Crippen molar-refractivity contribution in [2.75, 3.05) is 24.6 Å². The van der Waals surface area contributed by atoms with Crippen molar-refractivity contribution in [2.45, 2.75) is 25.4 Å². The lowest BCUT2D eigenvalue weighted by molar-refractivity contribution is 0.215. The molecule has 1 unspecified atom stereocenters. The number of hydrogen-bond donors (Lipinski definition) is 2. The van der Waals surface area contributed by atoms with E-state index in [1.54, 1.807) is 12.1 Å². The highest BCUT2D eigenvalue weighted by Gasteiger charge is 2.32. The Balaban J connectivity index is 2.23. The first-order chi connectivity index (χ1) is 8.02. The molecule has 1 aromatic carbocycles. The van der Waals surface area contributed by atoms with Crippen molar-refractivity contribution in [1.82, 2.24) is 5.32 Å². The van der Waals surface area contributed by atoms with Gasteiger partial charge in [-0.1, -0.05) is 0 Å². The van der Waals surface area contributed by atoms with Gasteiger partial charge in [0.05, 0.1) is 12.6 Å². The van der Waals surface area contributed by atoms with Gasteiger partial charge < -0.3 is 15.3 Å². The van der Waals surface area contributed by atoms with Crippen LogP contribution in [-0.4, -0.2) is 36.4 Å². The SMILES string of the molecule is CC1(C)CN(c2ccc(F)cc2)C(CO)CN1. The minimum Gasteiger partial charge on any atom is -0.394 e. The zero-order chi connectivity index (χ0) is 12.5. The number of aliphatic hydroxyl groups is 1. The van der Waals surface area contributed by atoms with E-state index in [0.29, 0.717) is 0 Å². The van der Waals surface area contributed by atoms with Crippen LogP contribution in [0.3, 0.4) is 0 Å². The number of nitrogens with one attached hydrogen (secondary N) is 1. The average Bonchev–Trinajstić information content (AvgIpc) is 2.29. The van der Waals surface area contributed by atoms with Gasteiger partial charge in [0.15, 0.2) is 0 Å². The number of halogens is 1. The Labute approximate surface area is 101 Å². The molecular weight excluding hydrogens is 219 g/mol. The lowest BCUT2D eigenvalue weighted by atomic mass is 9.98. The van der Waals surface area contributed by atoms with E-state index in [4.69, 9.17) is 0 Å². The molecule has 4 heteroatoms. The van der Waals surface area contributed by atoms with E-state index in [9.17, 15) is 9.50 Å². The van der Waals surface area contributed by atoms with Crippen LogP contribution in [0.15, 0.2) is 24.3 Å². The van der Waals surface area contributed by atoms with E-state index in [-0.39, 0.29) is 24.0 Å². The van der Waals surface area contributed by atoms with Gasteiger partial charge in [0.1, 0.15) is 5.82 Å². The molecule has 94 valence electrons. The number of hydrogen-bond acceptors (Lipinski definition) is 3. The molecule has 2 rings (SSSR count). The third kappa shape index (κ3) is 2.76. The van der Waals surface area contributed by atoms with Crippen molar-refractivity contribution >= 4 is 5.69 Å². The third-order valence-electron chi connectivity index (χ3n) is 3.19. The van der Waals surface area contributed by atoms with Crippen molar-refractivity contribution in [2.24, 2.45) is 0 Å². The molecule has 2 N–H and O–H groups in total. The number of anilines is 1. The highest BCUT2D eigenvalue weighted by Crippen LogP contribution is 2.23. The van der Waals surface area contributed by atoms with Gasteiger partial charge in [0, 0.05) is 24.3 Å². The zero-order valence-corrected chi connectivity index (χ0v) is 10.3. The summed E-state index contributed by atoms with van der Waals surface area (Å²) in [5.41, 5.74) is 0.958. The summed E-state index contributed by atoms with van der Waals surface area (Å²) in [4.78, 5) is 2.13. The fourth-order valence-corrected chi connectivity index (χ4v) is 2.21. The van der Waals surface area contributed by atoms with Crippen molar-refractivity contribution < 1.29 is 9.50 Å². The highest BCUT2D eigenvalue weighted by molar-refractivity contribution is 5.48. The van der Waals surface area contributed by atoms with Crippen LogP contribution in [0, 0.1) is 5.82 Å². The van der Waals surface area contributed by atoms with Crippen molar-refractivity contribution in [3.8, 4) is 0 Å². The summed E-state index contributed by atoms with van der Waals surface area (Å²) in [7, 11) is 0. The predicted molar refractivity (Wildman–Crippen MR) is 66.7 cm³/mol. The Kier molecular flexibility index (Phi) is 3.35. The molecular formula is C13H19FN2O. The fraction of sp³-hybridized carbons (Fsp3) is 0.538. The Morgan fingerprint density at radius 2 is 2.06 bits per heavy atom. The fourth-order valence-electron chi connectivity index (χ4n) is 2.21. The Bertz CT molecular complexity index is 378. The first-order valence-corrected chi connectivity index (χ1v) is 5.90. The molecule has 0 amide bonds. The second-order valence-corrected chi connectivity index (χ2v) is 5.21. The summed E-state index contributed by atoms with van der Waals surface area (Å²) in [6, 6.07) is 6.49. The quantitative estimate of drug-likeness (QED) is 0.817. The number of nitrogens with zero attached hydrogens (tertiary/aromatic N) is 1. The van der Waals surface area contributed by atoms with Crippen LogP contribution in [-0.2, 0) is 0 Å². The van der Waals surface area contributed by atoms with Crippen LogP contribution in [0.25, 0.3) is 0 Å². The molecule has 0 spiro atoms. The first-order valence-electron chi connectivity index (χ1n) is 5.90. The van der Waals surface area contributed by atoms with E-state index < -0.39 is 0 Å². The molecule has 1 fully saturated rings. The van der Waals surface area contributed by atoms with E-state index in [2.05, 4.69) is 24.1 Å². The van der Waals surface area contributed by atoms with Crippen LogP contribution < -0.4 is 10.2 Å². The Morgan fingerprint density at radius 3 is 2.65 bits per heavy atom. The topological polar surface area (TPSA) is 35.5 Å². The van der Waals surface area contributed by atoms with E-state index in [0.717, 1.165) is 18.8 Å². The van der Waals surface area contributed by atoms with Gasteiger partial charge in [-0.25, -0.2) is 4.39 Å². The Hall–Kier alpha value is -1.13. The maximum Gasteiger partial charge on any atom is 0.123 e. The van der Waals surface area contributed by atoms with Crippen molar-refractivity contribution in [3.05, 3.63) is 30.1 Å². The molecule has 1 saturated heterocycles. The van der Waals surface area contributed by atoms with Crippen molar-refractivity contribution in [3.63, 3.8) is 0 Å². The van der Waals surface area contributed by atoms with Gasteiger partial charge in [-0.2, -0.15) is 0 Å². The monoisotopic (exact) mass is 238 g/mol. The highest BCUT2D eigenvalue weighted by atomic mass is 19.1. The van der Waals surface area contributed by atoms with Gasteiger partial charge in [-0.05, 0) is 38.1 Å². The predicted octanol–water partition coefficient (Wildman–Crippen LogP) is 1.37. The molecule has 1 aliphatic rings. The zero-order valence-electron chi connectivity index (χ0n) is 10.3. The van der Waals surface area contributed by atoms with Gasteiger partial charge in [0.25, 0.3) is 0 Å². The maximum absolute atomic E-state index is 12.9. The molecule has 3 nitrogen and oxygen atoms in total. The minimum atomic E-state index is -0.233. The van der Waals surface area contributed by atoms with Gasteiger partial charge in [-0.3, -0.25) is 0 Å². The molecule has 0 bridgehead atoms. The molecule has 1 atom stereocenters. The second-order valence-electron chi connectivity index (χ2n) is 5.21. The largest absolute Gasteiger partial charge is 0.394 e. The first kappa shape index (κ1) is 12.3. The molecule has 17 heavy (non-hydrogen) atoms. The molecule has 1 heterocycles. The molecule has 0 aromatic heterocycles. The molecule has 0 saturated carbocycles. The van der Waals surface area contributed by atoms with E-state index in [1.807, 2.05) is 0 Å². The summed E-state index contributed by atoms with van der Waals surface area (Å²) in [6.45, 7) is 5.87. The molecule has 0 radical (unpaired) electrons. The summed E-state index contributed by atoms with van der Waals surface area (Å²) in [5.74, 6) is -0.233. The summed E-state index contributed by atoms with van der Waals surface area (Å²) in [5, 5.41) is 12.8. The number of benzene rings is 1. The van der Waals surface area contributed by atoms with Gasteiger partial charge >= 0.3 is 0 Å². The van der Waals surface area contributed by atoms with Crippen LogP contribution in [0.5, 0.6) is 0 Å². The van der Waals surface area contributed by atoms with Crippen molar-refractivity contribution in [1.29, 1.82) is 0 Å². The van der Waals surface area contributed by atoms with Gasteiger partial charge in [-0.15, -0.1) is 0 Å². The molecule has 1 aliphatic heterocycles. The Morgan fingerprint density at radius 1 is 1.41 bits per heavy atom. The van der Waals surface area contributed by atoms with Crippen LogP contribution in [0.2, 0.25) is 0 Å². The van der Waals surface area contributed by atoms with Crippen LogP contribution in [0.4, 0.5) is 10.1 Å². The lowest BCUT2D eigenvalue weighted by Gasteiger charge is -2.45. The smallest absolute Gasteiger partial charge is 0.123 e. The normalized spacial score (nSPS) is 23.8. The van der Waals surface area contributed by atoms with Crippen LogP contribution in [0.1, 0.15) is 13.8 Å². The third-order valence-corrected chi connectivity index (χ3v) is 3.19.